The third-order valence-corrected chi connectivity index (χ3v) is 11.4. The average molecular weight is 497 g/mol. The summed E-state index contributed by atoms with van der Waals surface area (Å²) in [5.41, 5.74) is 2.48. The monoisotopic (exact) mass is 496 g/mol. The summed E-state index contributed by atoms with van der Waals surface area (Å²) in [7, 11) is 0. The van der Waals surface area contributed by atoms with Gasteiger partial charge in [0.1, 0.15) is 6.10 Å². The van der Waals surface area contributed by atoms with Gasteiger partial charge in [-0.25, -0.2) is 4.79 Å². The van der Waals surface area contributed by atoms with Crippen molar-refractivity contribution >= 4 is 5.97 Å². The van der Waals surface area contributed by atoms with Crippen LogP contribution in [0.4, 0.5) is 0 Å². The Bertz CT molecular complexity index is 821. The molecule has 0 aromatic rings. The number of hydrogen-bond acceptors (Lipinski definition) is 2. The molecule has 0 N–H and O–H groups in total. The highest BCUT2D eigenvalue weighted by atomic mass is 16.5. The smallest absolute Gasteiger partial charge is 0.330 e. The molecule has 4 rings (SSSR count). The predicted molar refractivity (Wildman–Crippen MR) is 152 cm³/mol. The van der Waals surface area contributed by atoms with E-state index in [1.165, 1.54) is 57.8 Å². The van der Waals surface area contributed by atoms with E-state index in [1.54, 1.807) is 11.6 Å². The number of ether oxygens (including phenoxy) is 1. The van der Waals surface area contributed by atoms with E-state index in [4.69, 9.17) is 4.74 Å². The first-order valence-corrected chi connectivity index (χ1v) is 15.6. The molecule has 2 heteroatoms. The molecule has 2 nitrogen and oxygen atoms in total. The van der Waals surface area contributed by atoms with Crippen molar-refractivity contribution in [1.29, 1.82) is 0 Å². The minimum atomic E-state index is -0.147. The highest BCUT2D eigenvalue weighted by molar-refractivity contribution is 5.82. The van der Waals surface area contributed by atoms with Crippen LogP contribution in [0, 0.1) is 52.3 Å². The first-order chi connectivity index (χ1) is 17.0. The number of allylic oxidation sites excluding steroid dienone is 2. The molecule has 4 aliphatic rings. The molecule has 0 spiro atoms. The average Bonchev–Trinajstić information content (AvgIpc) is 3.16. The quantitative estimate of drug-likeness (QED) is 0.180. The zero-order valence-electron chi connectivity index (χ0n) is 24.7. The second kappa shape index (κ2) is 11.4. The van der Waals surface area contributed by atoms with Crippen LogP contribution < -0.4 is 0 Å². The molecule has 204 valence electrons. The first-order valence-electron chi connectivity index (χ1n) is 15.6. The molecule has 0 aromatic carbocycles. The van der Waals surface area contributed by atoms with Crippen molar-refractivity contribution in [2.45, 2.75) is 132 Å². The Hall–Kier alpha value is -1.05. The van der Waals surface area contributed by atoms with Gasteiger partial charge in [0.05, 0.1) is 0 Å². The minimum Gasteiger partial charge on any atom is -0.459 e. The summed E-state index contributed by atoms with van der Waals surface area (Å²) >= 11 is 0. The Kier molecular flexibility index (Phi) is 8.83. The van der Waals surface area contributed by atoms with Crippen LogP contribution in [0.25, 0.3) is 0 Å². The molecule has 0 aliphatic heterocycles. The number of esters is 1. The summed E-state index contributed by atoms with van der Waals surface area (Å²) in [4.78, 5) is 12.4. The maximum atomic E-state index is 12.4. The van der Waals surface area contributed by atoms with E-state index in [2.05, 4.69) is 54.5 Å². The summed E-state index contributed by atoms with van der Waals surface area (Å²) in [6, 6.07) is 0. The van der Waals surface area contributed by atoms with E-state index in [9.17, 15) is 4.79 Å². The summed E-state index contributed by atoms with van der Waals surface area (Å²) in [5, 5.41) is 0. The van der Waals surface area contributed by atoms with Crippen LogP contribution in [0.1, 0.15) is 126 Å². The normalized spacial score (nSPS) is 39.0. The lowest BCUT2D eigenvalue weighted by molar-refractivity contribution is -0.145. The van der Waals surface area contributed by atoms with Gasteiger partial charge in [0, 0.05) is 12.5 Å². The van der Waals surface area contributed by atoms with Gasteiger partial charge in [-0.15, -0.1) is 0 Å². The molecule has 0 aromatic heterocycles. The van der Waals surface area contributed by atoms with Crippen LogP contribution in [-0.2, 0) is 9.53 Å². The van der Waals surface area contributed by atoms with Crippen molar-refractivity contribution in [3.63, 3.8) is 0 Å². The Morgan fingerprint density at radius 3 is 2.50 bits per heavy atom. The maximum absolute atomic E-state index is 12.4. The minimum absolute atomic E-state index is 0.0634. The zero-order valence-corrected chi connectivity index (χ0v) is 24.7. The Labute approximate surface area is 223 Å². The van der Waals surface area contributed by atoms with E-state index >= 15 is 0 Å². The van der Waals surface area contributed by atoms with Crippen molar-refractivity contribution in [2.24, 2.45) is 52.3 Å². The SMILES string of the molecule is CC(C)C/C=C/C(=O)OC1CCC2(C)C(=CCC3C2CCC2(C)C(C(C)CCCC(C)C)CCC32)C1. The highest BCUT2D eigenvalue weighted by Gasteiger charge is 2.59. The van der Waals surface area contributed by atoms with Crippen molar-refractivity contribution in [2.75, 3.05) is 0 Å². The number of fused-ring (bicyclic) bond motifs is 5. The summed E-state index contributed by atoms with van der Waals surface area (Å²) in [6.07, 6.45) is 21.6. The molecule has 0 bridgehead atoms. The van der Waals surface area contributed by atoms with E-state index in [1.807, 2.05) is 6.08 Å². The van der Waals surface area contributed by atoms with Gasteiger partial charge in [-0.3, -0.25) is 0 Å². The zero-order chi connectivity index (χ0) is 26.1. The lowest BCUT2D eigenvalue weighted by Crippen LogP contribution is -2.51. The molecule has 36 heavy (non-hydrogen) atoms. The molecule has 8 unspecified atom stereocenters. The van der Waals surface area contributed by atoms with E-state index in [-0.39, 0.29) is 12.1 Å². The molecular weight excluding hydrogens is 440 g/mol. The van der Waals surface area contributed by atoms with Crippen molar-refractivity contribution in [1.82, 2.24) is 0 Å². The number of hydrogen-bond donors (Lipinski definition) is 0. The van der Waals surface area contributed by atoms with E-state index in [0.29, 0.717) is 16.7 Å². The van der Waals surface area contributed by atoms with E-state index < -0.39 is 0 Å². The lowest BCUT2D eigenvalue weighted by atomic mass is 9.47. The van der Waals surface area contributed by atoms with Crippen LogP contribution in [0.3, 0.4) is 0 Å². The van der Waals surface area contributed by atoms with Gasteiger partial charge in [-0.05, 0) is 104 Å². The highest BCUT2D eigenvalue weighted by Crippen LogP contribution is 2.67. The first kappa shape index (κ1) is 28.0. The fourth-order valence-electron chi connectivity index (χ4n) is 9.39. The predicted octanol–water partition coefficient (Wildman–Crippen LogP) is 9.54. The molecule has 0 heterocycles. The third kappa shape index (κ3) is 5.68. The van der Waals surface area contributed by atoms with Crippen LogP contribution >= 0.6 is 0 Å². The summed E-state index contributed by atoms with van der Waals surface area (Å²) < 4.78 is 5.91. The van der Waals surface area contributed by atoms with Gasteiger partial charge in [0.15, 0.2) is 0 Å². The molecule has 3 saturated carbocycles. The lowest BCUT2D eigenvalue weighted by Gasteiger charge is -2.58. The maximum Gasteiger partial charge on any atom is 0.330 e. The van der Waals surface area contributed by atoms with Crippen LogP contribution in [0.5, 0.6) is 0 Å². The third-order valence-electron chi connectivity index (χ3n) is 11.4. The molecule has 8 atom stereocenters. The van der Waals surface area contributed by atoms with Gasteiger partial charge < -0.3 is 4.74 Å². The summed E-state index contributed by atoms with van der Waals surface area (Å²) in [6.45, 7) is 16.9. The number of carbonyl (C=O) groups is 1. The molecule has 0 saturated heterocycles. The Balaban J connectivity index is 1.39. The van der Waals surface area contributed by atoms with Gasteiger partial charge in [0.25, 0.3) is 0 Å². The molecule has 0 amide bonds. The van der Waals surface area contributed by atoms with Crippen molar-refractivity contribution in [3.05, 3.63) is 23.8 Å². The second-order valence-electron chi connectivity index (χ2n) is 14.6. The van der Waals surface area contributed by atoms with Gasteiger partial charge in [0.2, 0.25) is 0 Å². The molecule has 3 fully saturated rings. The van der Waals surface area contributed by atoms with Gasteiger partial charge in [-0.2, -0.15) is 0 Å². The molecule has 4 aliphatic carbocycles. The fourth-order valence-corrected chi connectivity index (χ4v) is 9.39. The second-order valence-corrected chi connectivity index (χ2v) is 14.6. The van der Waals surface area contributed by atoms with Crippen molar-refractivity contribution in [3.8, 4) is 0 Å². The Morgan fingerprint density at radius 2 is 1.78 bits per heavy atom. The summed E-state index contributed by atoms with van der Waals surface area (Å²) in [5.74, 6) is 5.66. The van der Waals surface area contributed by atoms with E-state index in [0.717, 1.165) is 54.8 Å². The fraction of sp³-hybridized carbons (Fsp3) is 0.853. The van der Waals surface area contributed by atoms with Gasteiger partial charge in [-0.1, -0.05) is 85.5 Å². The number of rotatable bonds is 9. The Morgan fingerprint density at radius 1 is 1.00 bits per heavy atom. The topological polar surface area (TPSA) is 26.3 Å². The standard InChI is InChI=1S/C34H56O2/c1-23(2)10-8-12-25(5)29-16-17-30-28-15-14-26-22-27(36-32(35)13-9-11-24(3)4)18-20-33(26,6)31(28)19-21-34(29,30)7/h9,13-14,23-25,27-31H,8,10-12,15-22H2,1-7H3/b13-9+. The van der Waals surface area contributed by atoms with Crippen LogP contribution in [-0.4, -0.2) is 12.1 Å². The van der Waals surface area contributed by atoms with Gasteiger partial charge >= 0.3 is 5.97 Å². The van der Waals surface area contributed by atoms with Crippen molar-refractivity contribution < 1.29 is 9.53 Å². The molecule has 0 radical (unpaired) electrons. The number of carbonyl (C=O) groups excluding carboxylic acids is 1. The van der Waals surface area contributed by atoms with Crippen LogP contribution in [0.2, 0.25) is 0 Å². The largest absolute Gasteiger partial charge is 0.459 e. The van der Waals surface area contributed by atoms with Crippen LogP contribution in [0.15, 0.2) is 23.8 Å². The molecular formula is C34H56O2.